The Labute approximate surface area is 119 Å². The lowest BCUT2D eigenvalue weighted by molar-refractivity contribution is -0.157. The molecule has 0 radical (unpaired) electrons. The number of rotatable bonds is 5. The number of hydrogen-bond acceptors (Lipinski definition) is 5. The van der Waals surface area contributed by atoms with E-state index >= 15 is 0 Å². The Kier molecular flexibility index (Phi) is 5.24. The minimum atomic E-state index is -0.502. The highest BCUT2D eigenvalue weighted by molar-refractivity contribution is 5.76. The Morgan fingerprint density at radius 2 is 2.20 bits per heavy atom. The SMILES string of the molecule is CCCCOC(=O)C1CN(c2ccc(N)cc2)CCO1. The minimum absolute atomic E-state index is 0.265. The van der Waals surface area contributed by atoms with Crippen LogP contribution in [0.15, 0.2) is 24.3 Å². The van der Waals surface area contributed by atoms with Gasteiger partial charge in [-0.15, -0.1) is 0 Å². The van der Waals surface area contributed by atoms with Gasteiger partial charge in [-0.05, 0) is 30.7 Å². The predicted molar refractivity (Wildman–Crippen MR) is 78.7 cm³/mol. The van der Waals surface area contributed by atoms with E-state index in [1.54, 1.807) is 0 Å². The number of morpholine rings is 1. The molecule has 0 aromatic heterocycles. The predicted octanol–water partition coefficient (Wildman–Crippen LogP) is 1.82. The third-order valence-electron chi connectivity index (χ3n) is 3.33. The van der Waals surface area contributed by atoms with Crippen molar-refractivity contribution in [1.82, 2.24) is 0 Å². The fourth-order valence-corrected chi connectivity index (χ4v) is 2.12. The Bertz CT molecular complexity index is 433. The molecule has 0 bridgehead atoms. The summed E-state index contributed by atoms with van der Waals surface area (Å²) in [4.78, 5) is 14.0. The Hall–Kier alpha value is -1.75. The number of hydrogen-bond donors (Lipinski definition) is 1. The van der Waals surface area contributed by atoms with Gasteiger partial charge in [0.25, 0.3) is 0 Å². The van der Waals surface area contributed by atoms with Crippen LogP contribution in [-0.4, -0.2) is 38.4 Å². The lowest BCUT2D eigenvalue weighted by atomic mass is 10.2. The molecule has 1 aromatic rings. The molecule has 0 aliphatic carbocycles. The van der Waals surface area contributed by atoms with E-state index in [9.17, 15) is 4.79 Å². The van der Waals surface area contributed by atoms with Crippen LogP contribution in [0.5, 0.6) is 0 Å². The summed E-state index contributed by atoms with van der Waals surface area (Å²) in [6.45, 7) is 4.35. The molecule has 0 saturated carbocycles. The molecule has 2 rings (SSSR count). The first kappa shape index (κ1) is 14.7. The smallest absolute Gasteiger partial charge is 0.337 e. The summed E-state index contributed by atoms with van der Waals surface area (Å²) in [7, 11) is 0. The average molecular weight is 278 g/mol. The van der Waals surface area contributed by atoms with Crippen molar-refractivity contribution in [3.8, 4) is 0 Å². The summed E-state index contributed by atoms with van der Waals surface area (Å²) in [5.74, 6) is -0.265. The van der Waals surface area contributed by atoms with Gasteiger partial charge in [0.1, 0.15) is 0 Å². The lowest BCUT2D eigenvalue weighted by Crippen LogP contribution is -2.46. The van der Waals surface area contributed by atoms with E-state index in [1.807, 2.05) is 24.3 Å². The first-order chi connectivity index (χ1) is 9.70. The lowest BCUT2D eigenvalue weighted by Gasteiger charge is -2.33. The number of nitrogen functional groups attached to an aromatic ring is 1. The number of carbonyl (C=O) groups is 1. The Morgan fingerprint density at radius 1 is 1.45 bits per heavy atom. The van der Waals surface area contributed by atoms with Crippen LogP contribution in [0.4, 0.5) is 11.4 Å². The molecule has 0 amide bonds. The molecule has 1 heterocycles. The van der Waals surface area contributed by atoms with Gasteiger partial charge in [-0.3, -0.25) is 0 Å². The first-order valence-electron chi connectivity index (χ1n) is 7.09. The van der Waals surface area contributed by atoms with Crippen LogP contribution >= 0.6 is 0 Å². The average Bonchev–Trinajstić information content (AvgIpc) is 2.48. The monoisotopic (exact) mass is 278 g/mol. The van der Waals surface area contributed by atoms with Crippen LogP contribution in [0.3, 0.4) is 0 Å². The van der Waals surface area contributed by atoms with Crippen molar-refractivity contribution >= 4 is 17.3 Å². The van der Waals surface area contributed by atoms with Crippen molar-refractivity contribution < 1.29 is 14.3 Å². The molecule has 1 aliphatic heterocycles. The van der Waals surface area contributed by atoms with Gasteiger partial charge in [-0.25, -0.2) is 4.79 Å². The van der Waals surface area contributed by atoms with Crippen LogP contribution in [-0.2, 0) is 14.3 Å². The summed E-state index contributed by atoms with van der Waals surface area (Å²) in [5.41, 5.74) is 7.47. The van der Waals surface area contributed by atoms with Crippen molar-refractivity contribution in [2.75, 3.05) is 36.9 Å². The normalized spacial score (nSPS) is 18.9. The quantitative estimate of drug-likeness (QED) is 0.505. The topological polar surface area (TPSA) is 64.8 Å². The van der Waals surface area contributed by atoms with E-state index in [0.717, 1.165) is 30.8 Å². The highest BCUT2D eigenvalue weighted by atomic mass is 16.6. The molecule has 5 nitrogen and oxygen atoms in total. The molecule has 1 unspecified atom stereocenters. The maximum Gasteiger partial charge on any atom is 0.337 e. The third kappa shape index (κ3) is 3.87. The minimum Gasteiger partial charge on any atom is -0.464 e. The molecular formula is C15H22N2O3. The molecule has 5 heteroatoms. The van der Waals surface area contributed by atoms with Crippen molar-refractivity contribution in [2.45, 2.75) is 25.9 Å². The zero-order chi connectivity index (χ0) is 14.4. The van der Waals surface area contributed by atoms with Gasteiger partial charge in [-0.1, -0.05) is 13.3 Å². The van der Waals surface area contributed by atoms with Gasteiger partial charge >= 0.3 is 5.97 Å². The second-order valence-electron chi connectivity index (χ2n) is 4.92. The molecule has 1 aliphatic rings. The fraction of sp³-hybridized carbons (Fsp3) is 0.533. The first-order valence-corrected chi connectivity index (χ1v) is 7.09. The van der Waals surface area contributed by atoms with Gasteiger partial charge in [-0.2, -0.15) is 0 Å². The molecule has 1 atom stereocenters. The zero-order valence-electron chi connectivity index (χ0n) is 11.9. The number of esters is 1. The fourth-order valence-electron chi connectivity index (χ4n) is 2.12. The Balaban J connectivity index is 1.91. The van der Waals surface area contributed by atoms with Crippen molar-refractivity contribution in [1.29, 1.82) is 0 Å². The second-order valence-corrected chi connectivity index (χ2v) is 4.92. The largest absolute Gasteiger partial charge is 0.464 e. The van der Waals surface area contributed by atoms with Crippen molar-refractivity contribution in [2.24, 2.45) is 0 Å². The highest BCUT2D eigenvalue weighted by Crippen LogP contribution is 2.19. The third-order valence-corrected chi connectivity index (χ3v) is 3.33. The van der Waals surface area contributed by atoms with Crippen LogP contribution < -0.4 is 10.6 Å². The van der Waals surface area contributed by atoms with Gasteiger partial charge in [0.2, 0.25) is 0 Å². The number of benzene rings is 1. The standard InChI is InChI=1S/C15H22N2O3/c1-2-3-9-20-15(18)14-11-17(8-10-19-14)13-6-4-12(16)5-7-13/h4-7,14H,2-3,8-11,16H2,1H3. The van der Waals surface area contributed by atoms with Gasteiger partial charge < -0.3 is 20.1 Å². The van der Waals surface area contributed by atoms with E-state index < -0.39 is 6.10 Å². The molecular weight excluding hydrogens is 256 g/mol. The van der Waals surface area contributed by atoms with Gasteiger partial charge in [0.05, 0.1) is 19.8 Å². The maximum absolute atomic E-state index is 11.9. The molecule has 0 spiro atoms. The summed E-state index contributed by atoms with van der Waals surface area (Å²) in [6, 6.07) is 7.64. The number of ether oxygens (including phenoxy) is 2. The molecule has 1 fully saturated rings. The zero-order valence-corrected chi connectivity index (χ0v) is 11.9. The maximum atomic E-state index is 11.9. The van der Waals surface area contributed by atoms with E-state index in [2.05, 4.69) is 11.8 Å². The molecule has 1 aromatic carbocycles. The summed E-state index contributed by atoms with van der Waals surface area (Å²) < 4.78 is 10.7. The van der Waals surface area contributed by atoms with Gasteiger partial charge in [0.15, 0.2) is 6.10 Å². The number of nitrogens with two attached hydrogens (primary N) is 1. The summed E-state index contributed by atoms with van der Waals surface area (Å²) in [6.07, 6.45) is 1.40. The van der Waals surface area contributed by atoms with Crippen molar-refractivity contribution in [3.05, 3.63) is 24.3 Å². The van der Waals surface area contributed by atoms with E-state index in [0.29, 0.717) is 19.8 Å². The van der Waals surface area contributed by atoms with Crippen LogP contribution in [0.1, 0.15) is 19.8 Å². The number of carbonyl (C=O) groups excluding carboxylic acids is 1. The van der Waals surface area contributed by atoms with E-state index in [1.165, 1.54) is 0 Å². The van der Waals surface area contributed by atoms with Crippen LogP contribution in [0.25, 0.3) is 0 Å². The Morgan fingerprint density at radius 3 is 2.90 bits per heavy atom. The number of unbranched alkanes of at least 4 members (excludes halogenated alkanes) is 1. The van der Waals surface area contributed by atoms with E-state index in [-0.39, 0.29) is 5.97 Å². The summed E-state index contributed by atoms with van der Waals surface area (Å²) in [5, 5.41) is 0. The number of anilines is 2. The molecule has 110 valence electrons. The van der Waals surface area contributed by atoms with Crippen molar-refractivity contribution in [3.63, 3.8) is 0 Å². The molecule has 20 heavy (non-hydrogen) atoms. The van der Waals surface area contributed by atoms with Crippen LogP contribution in [0, 0.1) is 0 Å². The van der Waals surface area contributed by atoms with E-state index in [4.69, 9.17) is 15.2 Å². The van der Waals surface area contributed by atoms with Crippen LogP contribution in [0.2, 0.25) is 0 Å². The second kappa shape index (κ2) is 7.14. The molecule has 1 saturated heterocycles. The molecule has 2 N–H and O–H groups in total. The highest BCUT2D eigenvalue weighted by Gasteiger charge is 2.27. The summed E-state index contributed by atoms with van der Waals surface area (Å²) >= 11 is 0. The van der Waals surface area contributed by atoms with Gasteiger partial charge in [0, 0.05) is 17.9 Å². The number of nitrogens with zero attached hydrogens (tertiary/aromatic N) is 1.